The maximum absolute atomic E-state index is 11.6. The molecule has 134 valence electrons. The Kier molecular flexibility index (Phi) is 4.08. The van der Waals surface area contributed by atoms with Crippen LogP contribution in [0.3, 0.4) is 0 Å². The van der Waals surface area contributed by atoms with Gasteiger partial charge in [-0.25, -0.2) is 0 Å². The Hall–Kier alpha value is -0.480. The van der Waals surface area contributed by atoms with Gasteiger partial charge in [-0.1, -0.05) is 33.1 Å². The van der Waals surface area contributed by atoms with Gasteiger partial charge in [0.15, 0.2) is 0 Å². The molecule has 7 atom stereocenters. The lowest BCUT2D eigenvalue weighted by Crippen LogP contribution is -2.62. The van der Waals surface area contributed by atoms with Crippen LogP contribution in [-0.4, -0.2) is 10.7 Å². The van der Waals surface area contributed by atoms with Gasteiger partial charge >= 0.3 is 0 Å². The van der Waals surface area contributed by atoms with Gasteiger partial charge in [0.25, 0.3) is 0 Å². The second-order valence-corrected chi connectivity index (χ2v) is 9.92. The van der Waals surface area contributed by atoms with Crippen LogP contribution in [0.5, 0.6) is 0 Å². The maximum atomic E-state index is 11.6. The molecule has 4 rings (SSSR count). The fourth-order valence-electron chi connectivity index (χ4n) is 8.37. The van der Waals surface area contributed by atoms with E-state index >= 15 is 0 Å². The summed E-state index contributed by atoms with van der Waals surface area (Å²) in [6, 6.07) is 0. The van der Waals surface area contributed by atoms with Crippen LogP contribution in [0.15, 0.2) is 0 Å². The first-order valence-corrected chi connectivity index (χ1v) is 10.7. The molecule has 0 radical (unpaired) electrons. The smallest absolute Gasteiger partial charge is 0.0715 e. The molecule has 0 aromatic carbocycles. The lowest BCUT2D eigenvalue weighted by molar-refractivity contribution is -0.210. The Morgan fingerprint density at radius 2 is 1.79 bits per heavy atom. The van der Waals surface area contributed by atoms with Crippen LogP contribution in [0.25, 0.3) is 0 Å². The van der Waals surface area contributed by atoms with Crippen LogP contribution in [-0.2, 0) is 0 Å². The Balaban J connectivity index is 1.70. The molecular weight excluding hydrogens is 292 g/mol. The summed E-state index contributed by atoms with van der Waals surface area (Å²) >= 11 is 0. The summed E-state index contributed by atoms with van der Waals surface area (Å²) in [4.78, 5) is 0. The zero-order chi connectivity index (χ0) is 17.0. The van der Waals surface area contributed by atoms with E-state index in [2.05, 4.69) is 19.8 Å². The van der Waals surface area contributed by atoms with Gasteiger partial charge in [0, 0.05) is 11.8 Å². The van der Waals surface area contributed by atoms with E-state index in [4.69, 9.17) is 6.42 Å². The molecule has 4 saturated carbocycles. The van der Waals surface area contributed by atoms with Gasteiger partial charge in [-0.2, -0.15) is 0 Å². The van der Waals surface area contributed by atoms with Gasteiger partial charge in [0.05, 0.1) is 5.60 Å². The molecule has 0 spiro atoms. The molecule has 1 nitrogen and oxygen atoms in total. The van der Waals surface area contributed by atoms with Gasteiger partial charge in [-0.05, 0) is 80.5 Å². The molecule has 0 heterocycles. The Morgan fingerprint density at radius 1 is 1.00 bits per heavy atom. The minimum absolute atomic E-state index is 0.0363. The van der Waals surface area contributed by atoms with Crippen molar-refractivity contribution in [2.24, 2.45) is 34.5 Å². The van der Waals surface area contributed by atoms with Gasteiger partial charge in [0.1, 0.15) is 0 Å². The zero-order valence-corrected chi connectivity index (χ0v) is 15.8. The fourth-order valence-corrected chi connectivity index (χ4v) is 8.37. The molecule has 0 amide bonds. The standard InChI is InChI=1S/C23H36O/c1-4-12-22-13-6-7-14-23(22,24)16-10-18-19-9-8-17(5-2)21(19,3)15-11-20(18)22/h1,17-20,24H,5-16H2,2-3H3/t17-,18-,19-,20-,21+,22+,23-/m0/s1. The molecule has 0 bridgehead atoms. The molecule has 0 aromatic heterocycles. The molecule has 0 aromatic rings. The molecular formula is C23H36O. The van der Waals surface area contributed by atoms with Crippen molar-refractivity contribution in [3.05, 3.63) is 0 Å². The van der Waals surface area contributed by atoms with E-state index in [1.807, 2.05) is 0 Å². The summed E-state index contributed by atoms with van der Waals surface area (Å²) in [5.41, 5.74) is 0.140. The van der Waals surface area contributed by atoms with Gasteiger partial charge in [-0.15, -0.1) is 12.3 Å². The number of aliphatic hydroxyl groups is 1. The molecule has 1 N–H and O–H groups in total. The summed E-state index contributed by atoms with van der Waals surface area (Å²) in [5.74, 6) is 6.34. The molecule has 4 aliphatic rings. The monoisotopic (exact) mass is 328 g/mol. The van der Waals surface area contributed by atoms with Crippen molar-refractivity contribution in [3.63, 3.8) is 0 Å². The van der Waals surface area contributed by atoms with Crippen LogP contribution in [0.1, 0.15) is 90.9 Å². The number of fused-ring (bicyclic) bond motifs is 5. The maximum Gasteiger partial charge on any atom is 0.0715 e. The molecule has 1 heteroatoms. The summed E-state index contributed by atoms with van der Waals surface area (Å²) in [7, 11) is 0. The molecule has 24 heavy (non-hydrogen) atoms. The zero-order valence-electron chi connectivity index (χ0n) is 15.8. The van der Waals surface area contributed by atoms with Crippen molar-refractivity contribution >= 4 is 0 Å². The van der Waals surface area contributed by atoms with E-state index in [-0.39, 0.29) is 5.41 Å². The normalized spacial score (nSPS) is 53.6. The largest absolute Gasteiger partial charge is 0.389 e. The van der Waals surface area contributed by atoms with E-state index in [9.17, 15) is 5.11 Å². The van der Waals surface area contributed by atoms with Crippen LogP contribution < -0.4 is 0 Å². The highest BCUT2D eigenvalue weighted by Crippen LogP contribution is 2.69. The minimum atomic E-state index is -0.463. The van der Waals surface area contributed by atoms with E-state index in [0.29, 0.717) is 11.3 Å². The Labute approximate surface area is 149 Å². The van der Waals surface area contributed by atoms with E-state index in [0.717, 1.165) is 37.0 Å². The average molecular weight is 329 g/mol. The fraction of sp³-hybridized carbons (Fsp3) is 0.913. The lowest BCUT2D eigenvalue weighted by atomic mass is 9.42. The number of hydrogen-bond acceptors (Lipinski definition) is 1. The Morgan fingerprint density at radius 3 is 2.54 bits per heavy atom. The third kappa shape index (κ3) is 2.05. The first-order valence-electron chi connectivity index (χ1n) is 10.7. The lowest BCUT2D eigenvalue weighted by Gasteiger charge is -2.64. The highest BCUT2D eigenvalue weighted by atomic mass is 16.3. The molecule has 0 unspecified atom stereocenters. The number of hydrogen-bond donors (Lipinski definition) is 1. The molecule has 4 fully saturated rings. The molecule has 0 saturated heterocycles. The molecule has 4 aliphatic carbocycles. The topological polar surface area (TPSA) is 20.2 Å². The predicted molar refractivity (Wildman–Crippen MR) is 99.4 cm³/mol. The first kappa shape index (κ1) is 17.0. The van der Waals surface area contributed by atoms with Crippen molar-refractivity contribution in [1.82, 2.24) is 0 Å². The average Bonchev–Trinajstić information content (AvgIpc) is 2.91. The summed E-state index contributed by atoms with van der Waals surface area (Å²) in [6.07, 6.45) is 20.5. The highest BCUT2D eigenvalue weighted by Gasteiger charge is 2.64. The van der Waals surface area contributed by atoms with Crippen LogP contribution in [0, 0.1) is 46.8 Å². The summed E-state index contributed by atoms with van der Waals surface area (Å²) < 4.78 is 0. The molecule has 0 aliphatic heterocycles. The van der Waals surface area contributed by atoms with Crippen molar-refractivity contribution < 1.29 is 5.11 Å². The van der Waals surface area contributed by atoms with Crippen LogP contribution >= 0.6 is 0 Å². The van der Waals surface area contributed by atoms with Crippen molar-refractivity contribution in [2.45, 2.75) is 96.5 Å². The predicted octanol–water partition coefficient (Wildman–Crippen LogP) is 5.56. The summed E-state index contributed by atoms with van der Waals surface area (Å²) in [6.45, 7) is 5.00. The summed E-state index contributed by atoms with van der Waals surface area (Å²) in [5, 5.41) is 11.6. The number of terminal acetylenes is 1. The quantitative estimate of drug-likeness (QED) is 0.658. The van der Waals surface area contributed by atoms with Crippen LogP contribution in [0.2, 0.25) is 0 Å². The van der Waals surface area contributed by atoms with Gasteiger partial charge < -0.3 is 5.11 Å². The third-order valence-electron chi connectivity index (χ3n) is 9.53. The minimum Gasteiger partial charge on any atom is -0.389 e. The van der Waals surface area contributed by atoms with E-state index in [1.54, 1.807) is 0 Å². The van der Waals surface area contributed by atoms with Crippen molar-refractivity contribution in [3.8, 4) is 12.3 Å². The Bertz CT molecular complexity index is 533. The van der Waals surface area contributed by atoms with Crippen LogP contribution in [0.4, 0.5) is 0 Å². The van der Waals surface area contributed by atoms with Gasteiger partial charge in [0.2, 0.25) is 0 Å². The van der Waals surface area contributed by atoms with E-state index in [1.165, 1.54) is 57.8 Å². The second kappa shape index (κ2) is 5.77. The highest BCUT2D eigenvalue weighted by molar-refractivity contribution is 5.17. The van der Waals surface area contributed by atoms with Gasteiger partial charge in [-0.3, -0.25) is 0 Å². The van der Waals surface area contributed by atoms with Crippen molar-refractivity contribution in [2.75, 3.05) is 0 Å². The number of rotatable bonds is 2. The SMILES string of the molecule is C#CC[C@]12CCCC[C@]1(O)CC[C@H]1[C@@H]3CC[C@H](CC)[C@@]3(C)CC[C@@H]12. The first-order chi connectivity index (χ1) is 11.5. The van der Waals surface area contributed by atoms with E-state index < -0.39 is 5.60 Å². The third-order valence-corrected chi connectivity index (χ3v) is 9.53. The van der Waals surface area contributed by atoms with Crippen molar-refractivity contribution in [1.29, 1.82) is 0 Å². The second-order valence-electron chi connectivity index (χ2n) is 9.92.